The number of nitrogens with zero attached hydrogens (tertiary/aromatic N) is 3. The summed E-state index contributed by atoms with van der Waals surface area (Å²) >= 11 is 1.68. The molecule has 2 rings (SSSR count). The predicted molar refractivity (Wildman–Crippen MR) is 96.1 cm³/mol. The Morgan fingerprint density at radius 3 is 2.78 bits per heavy atom. The van der Waals surface area contributed by atoms with Gasteiger partial charge in [0.2, 0.25) is 0 Å². The van der Waals surface area contributed by atoms with Crippen LogP contribution < -0.4 is 5.32 Å². The maximum Gasteiger partial charge on any atom is 0.252 e. The first-order valence-corrected chi connectivity index (χ1v) is 9.21. The highest BCUT2D eigenvalue weighted by atomic mass is 32.2. The third-order valence-corrected chi connectivity index (χ3v) is 5.23. The van der Waals surface area contributed by atoms with E-state index in [2.05, 4.69) is 47.9 Å². The number of hydrogen-bond acceptors (Lipinski definition) is 5. The van der Waals surface area contributed by atoms with E-state index >= 15 is 0 Å². The number of hydrogen-bond donors (Lipinski definition) is 1. The number of nitrogens with one attached hydrogen (secondary N) is 1. The number of carbonyl (C=O) groups excluding carboxylic acids is 1. The van der Waals surface area contributed by atoms with Crippen LogP contribution in [0.1, 0.15) is 31.1 Å². The zero-order chi connectivity index (χ0) is 16.9. The van der Waals surface area contributed by atoms with Gasteiger partial charge in [0.1, 0.15) is 0 Å². The summed E-state index contributed by atoms with van der Waals surface area (Å²) in [5.74, 6) is 0.943. The molecule has 1 N–H and O–H groups in total. The van der Waals surface area contributed by atoms with Crippen molar-refractivity contribution in [3.05, 3.63) is 23.9 Å². The van der Waals surface area contributed by atoms with E-state index in [1.807, 2.05) is 12.1 Å². The SMILES string of the molecule is CCSc1ccc(C(=O)NCCN2CCN(C)C(C)(C)C2)cn1. The minimum absolute atomic E-state index is 0.0427. The largest absolute Gasteiger partial charge is 0.351 e. The maximum atomic E-state index is 12.2. The van der Waals surface area contributed by atoms with Gasteiger partial charge in [-0.25, -0.2) is 4.98 Å². The first-order chi connectivity index (χ1) is 10.9. The molecule has 0 aliphatic carbocycles. The molecule has 0 saturated carbocycles. The minimum Gasteiger partial charge on any atom is -0.351 e. The lowest BCUT2D eigenvalue weighted by molar-refractivity contribution is 0.0405. The second-order valence-corrected chi connectivity index (χ2v) is 7.87. The average molecular weight is 337 g/mol. The summed E-state index contributed by atoms with van der Waals surface area (Å²) in [5.41, 5.74) is 0.822. The van der Waals surface area contributed by atoms with Gasteiger partial charge in [0.25, 0.3) is 5.91 Å². The molecular weight excluding hydrogens is 308 g/mol. The van der Waals surface area contributed by atoms with E-state index in [9.17, 15) is 4.79 Å². The van der Waals surface area contributed by atoms with Crippen LogP contribution >= 0.6 is 11.8 Å². The molecule has 1 saturated heterocycles. The van der Waals surface area contributed by atoms with Gasteiger partial charge in [0.05, 0.1) is 10.6 Å². The monoisotopic (exact) mass is 336 g/mol. The Kier molecular flexibility index (Phi) is 6.44. The lowest BCUT2D eigenvalue weighted by Crippen LogP contribution is -2.58. The summed E-state index contributed by atoms with van der Waals surface area (Å²) in [6.07, 6.45) is 1.66. The van der Waals surface area contributed by atoms with E-state index in [-0.39, 0.29) is 11.4 Å². The molecular formula is C17H28N4OS. The Morgan fingerprint density at radius 1 is 1.39 bits per heavy atom. The quantitative estimate of drug-likeness (QED) is 0.805. The van der Waals surface area contributed by atoms with Crippen molar-refractivity contribution >= 4 is 17.7 Å². The second kappa shape index (κ2) is 8.13. The fourth-order valence-electron chi connectivity index (χ4n) is 2.71. The van der Waals surface area contributed by atoms with Crippen LogP contribution in [-0.4, -0.2) is 71.8 Å². The van der Waals surface area contributed by atoms with E-state index in [0.717, 1.165) is 37.0 Å². The Bertz CT molecular complexity index is 518. The molecule has 1 aliphatic rings. The first-order valence-electron chi connectivity index (χ1n) is 8.23. The molecule has 0 aromatic carbocycles. The third kappa shape index (κ3) is 5.19. The Labute approximate surface area is 143 Å². The van der Waals surface area contributed by atoms with Crippen molar-refractivity contribution in [2.75, 3.05) is 45.5 Å². The number of piperazine rings is 1. The maximum absolute atomic E-state index is 12.2. The lowest BCUT2D eigenvalue weighted by Gasteiger charge is -2.45. The predicted octanol–water partition coefficient (Wildman–Crippen LogP) is 1.95. The fraction of sp³-hybridized carbons (Fsp3) is 0.647. The molecule has 2 heterocycles. The summed E-state index contributed by atoms with van der Waals surface area (Å²) in [7, 11) is 2.17. The second-order valence-electron chi connectivity index (χ2n) is 6.58. The number of likely N-dealkylation sites (N-methyl/N-ethyl adjacent to an activating group) is 1. The molecule has 0 spiro atoms. The topological polar surface area (TPSA) is 48.5 Å². The normalized spacial score (nSPS) is 18.8. The highest BCUT2D eigenvalue weighted by Crippen LogP contribution is 2.18. The Balaban J connectivity index is 1.76. The van der Waals surface area contributed by atoms with Crippen LogP contribution in [0.15, 0.2) is 23.4 Å². The summed E-state index contributed by atoms with van der Waals surface area (Å²) < 4.78 is 0. The molecule has 1 amide bonds. The minimum atomic E-state index is -0.0427. The number of thioether (sulfide) groups is 1. The molecule has 23 heavy (non-hydrogen) atoms. The van der Waals surface area contributed by atoms with Gasteiger partial charge in [-0.1, -0.05) is 6.92 Å². The van der Waals surface area contributed by atoms with Crippen LogP contribution in [0, 0.1) is 0 Å². The van der Waals surface area contributed by atoms with Crippen molar-refractivity contribution in [3.63, 3.8) is 0 Å². The number of pyridine rings is 1. The number of aromatic nitrogens is 1. The summed E-state index contributed by atoms with van der Waals surface area (Å²) in [6, 6.07) is 3.76. The average Bonchev–Trinajstić information content (AvgIpc) is 2.51. The van der Waals surface area contributed by atoms with Gasteiger partial charge in [-0.3, -0.25) is 14.6 Å². The van der Waals surface area contributed by atoms with Crippen molar-refractivity contribution < 1.29 is 4.79 Å². The third-order valence-electron chi connectivity index (χ3n) is 4.40. The summed E-state index contributed by atoms with van der Waals surface area (Å²) in [6.45, 7) is 11.3. The van der Waals surface area contributed by atoms with E-state index in [1.54, 1.807) is 18.0 Å². The molecule has 0 unspecified atom stereocenters. The van der Waals surface area contributed by atoms with Crippen molar-refractivity contribution in [2.24, 2.45) is 0 Å². The molecule has 128 valence electrons. The van der Waals surface area contributed by atoms with Crippen LogP contribution in [0.2, 0.25) is 0 Å². The smallest absolute Gasteiger partial charge is 0.252 e. The van der Waals surface area contributed by atoms with E-state index in [0.29, 0.717) is 12.1 Å². The van der Waals surface area contributed by atoms with Crippen molar-refractivity contribution in [1.29, 1.82) is 0 Å². The van der Waals surface area contributed by atoms with Crippen LogP contribution in [0.25, 0.3) is 0 Å². The zero-order valence-corrected chi connectivity index (χ0v) is 15.4. The molecule has 1 fully saturated rings. The Morgan fingerprint density at radius 2 is 2.17 bits per heavy atom. The number of carbonyl (C=O) groups is 1. The molecule has 1 aromatic heterocycles. The van der Waals surface area contributed by atoms with Gasteiger partial charge in [0.15, 0.2) is 0 Å². The van der Waals surface area contributed by atoms with E-state index in [1.165, 1.54) is 0 Å². The van der Waals surface area contributed by atoms with Gasteiger partial charge in [-0.05, 0) is 38.8 Å². The van der Waals surface area contributed by atoms with Crippen molar-refractivity contribution in [3.8, 4) is 0 Å². The van der Waals surface area contributed by atoms with Crippen LogP contribution in [-0.2, 0) is 0 Å². The molecule has 1 aromatic rings. The zero-order valence-electron chi connectivity index (χ0n) is 14.6. The van der Waals surface area contributed by atoms with Gasteiger partial charge in [-0.15, -0.1) is 11.8 Å². The van der Waals surface area contributed by atoms with Gasteiger partial charge in [-0.2, -0.15) is 0 Å². The molecule has 5 nitrogen and oxygen atoms in total. The van der Waals surface area contributed by atoms with Gasteiger partial charge >= 0.3 is 0 Å². The number of amides is 1. The standard InChI is InChI=1S/C17H28N4OS/c1-5-23-15-7-6-14(12-19-15)16(22)18-8-9-21-11-10-20(4)17(2,3)13-21/h6-7,12H,5,8-11,13H2,1-4H3,(H,18,22). The van der Waals surface area contributed by atoms with Gasteiger partial charge < -0.3 is 5.32 Å². The molecule has 0 bridgehead atoms. The van der Waals surface area contributed by atoms with Crippen molar-refractivity contribution in [1.82, 2.24) is 20.1 Å². The Hall–Kier alpha value is -1.11. The first kappa shape index (κ1) is 18.2. The van der Waals surface area contributed by atoms with Crippen LogP contribution in [0.4, 0.5) is 0 Å². The van der Waals surface area contributed by atoms with E-state index in [4.69, 9.17) is 0 Å². The van der Waals surface area contributed by atoms with E-state index < -0.39 is 0 Å². The molecule has 0 radical (unpaired) electrons. The van der Waals surface area contributed by atoms with Gasteiger partial charge in [0, 0.05) is 44.5 Å². The van der Waals surface area contributed by atoms with Crippen molar-refractivity contribution in [2.45, 2.75) is 31.3 Å². The molecule has 6 heteroatoms. The lowest BCUT2D eigenvalue weighted by atomic mass is 10.00. The van der Waals surface area contributed by atoms with Crippen LogP contribution in [0.5, 0.6) is 0 Å². The highest BCUT2D eigenvalue weighted by Gasteiger charge is 2.30. The molecule has 0 atom stereocenters. The summed E-state index contributed by atoms with van der Waals surface area (Å²) in [4.78, 5) is 21.3. The highest BCUT2D eigenvalue weighted by molar-refractivity contribution is 7.99. The van der Waals surface area contributed by atoms with Crippen LogP contribution in [0.3, 0.4) is 0 Å². The number of rotatable bonds is 6. The summed E-state index contributed by atoms with van der Waals surface area (Å²) in [5, 5.41) is 3.96. The molecule has 1 aliphatic heterocycles. The fourth-order valence-corrected chi connectivity index (χ4v) is 3.30.